The first-order valence-electron chi connectivity index (χ1n) is 10.3. The Hall–Kier alpha value is -2.66. The van der Waals surface area contributed by atoms with E-state index in [4.69, 9.17) is 15.0 Å². The first-order chi connectivity index (χ1) is 14.2. The first kappa shape index (κ1) is 18.4. The summed E-state index contributed by atoms with van der Waals surface area (Å²) in [5, 5.41) is 5.27. The van der Waals surface area contributed by atoms with Crippen molar-refractivity contribution in [2.45, 2.75) is 49.2 Å². The third kappa shape index (κ3) is 3.92. The van der Waals surface area contributed by atoms with Crippen molar-refractivity contribution >= 4 is 34.3 Å². The fourth-order valence-electron chi connectivity index (χ4n) is 3.84. The van der Waals surface area contributed by atoms with Gasteiger partial charge >= 0.3 is 0 Å². The second kappa shape index (κ2) is 7.64. The summed E-state index contributed by atoms with van der Waals surface area (Å²) in [6.07, 6.45) is 5.90. The molecule has 1 atom stereocenters. The normalized spacial score (nSPS) is 18.6. The number of aliphatic imine (C=N–C) groups is 1. The van der Waals surface area contributed by atoms with Crippen LogP contribution in [0.2, 0.25) is 0 Å². The van der Waals surface area contributed by atoms with Crippen LogP contribution in [-0.2, 0) is 0 Å². The predicted octanol–water partition coefficient (Wildman–Crippen LogP) is 6.03. The molecule has 2 heterocycles. The van der Waals surface area contributed by atoms with Gasteiger partial charge in [0.25, 0.3) is 0 Å². The van der Waals surface area contributed by atoms with Crippen LogP contribution in [-0.4, -0.2) is 21.8 Å². The molecule has 0 spiro atoms. The molecule has 0 radical (unpaired) electrons. The van der Waals surface area contributed by atoms with Gasteiger partial charge in [-0.2, -0.15) is 0 Å². The third-order valence-electron chi connectivity index (χ3n) is 5.45. The number of hydrogen-bond donors (Lipinski definition) is 1. The van der Waals surface area contributed by atoms with Crippen LogP contribution in [0, 0.1) is 12.8 Å². The molecule has 1 N–H and O–H groups in total. The molecule has 5 heteroatoms. The number of nitrogens with zero attached hydrogens (tertiary/aromatic N) is 3. The maximum atomic E-state index is 4.92. The van der Waals surface area contributed by atoms with Gasteiger partial charge in [-0.1, -0.05) is 36.8 Å². The highest BCUT2D eigenvalue weighted by atomic mass is 32.2. The van der Waals surface area contributed by atoms with Crippen molar-refractivity contribution in [2.24, 2.45) is 10.9 Å². The van der Waals surface area contributed by atoms with Gasteiger partial charge in [0, 0.05) is 10.3 Å². The van der Waals surface area contributed by atoms with Gasteiger partial charge < -0.3 is 5.32 Å². The van der Waals surface area contributed by atoms with Gasteiger partial charge in [0.05, 0.1) is 11.6 Å². The van der Waals surface area contributed by atoms with Crippen molar-refractivity contribution in [3.63, 3.8) is 0 Å². The van der Waals surface area contributed by atoms with Crippen molar-refractivity contribution in [3.05, 3.63) is 65.7 Å². The highest BCUT2D eigenvalue weighted by Gasteiger charge is 2.33. The molecule has 1 fully saturated rings. The van der Waals surface area contributed by atoms with Gasteiger partial charge in [-0.25, -0.2) is 9.97 Å². The second-order valence-electron chi connectivity index (χ2n) is 7.77. The molecule has 3 aromatic rings. The minimum Gasteiger partial charge on any atom is -0.325 e. The quantitative estimate of drug-likeness (QED) is 0.531. The van der Waals surface area contributed by atoms with Gasteiger partial charge in [-0.3, -0.25) is 4.99 Å². The third-order valence-corrected chi connectivity index (χ3v) is 6.30. The van der Waals surface area contributed by atoms with E-state index in [0.717, 1.165) is 44.9 Å². The fraction of sp³-hybridized carbons (Fsp3) is 0.292. The molecule has 0 saturated heterocycles. The molecule has 146 valence electrons. The average molecular weight is 401 g/mol. The molecule has 29 heavy (non-hydrogen) atoms. The first-order valence-corrected chi connectivity index (χ1v) is 11.1. The summed E-state index contributed by atoms with van der Waals surface area (Å²) in [6.45, 7) is 4.31. The van der Waals surface area contributed by atoms with Crippen LogP contribution in [0.5, 0.6) is 0 Å². The lowest BCUT2D eigenvalue weighted by Gasteiger charge is -2.10. The monoisotopic (exact) mass is 400 g/mol. The Morgan fingerprint density at radius 1 is 1.07 bits per heavy atom. The van der Waals surface area contributed by atoms with Crippen LogP contribution in [0.25, 0.3) is 10.9 Å². The summed E-state index contributed by atoms with van der Waals surface area (Å²) < 4.78 is 0. The summed E-state index contributed by atoms with van der Waals surface area (Å²) in [5.41, 5.74) is 3.66. The topological polar surface area (TPSA) is 50.2 Å². The standard InChI is InChI=1S/C24H24N4S/c1-3-20-19(16-11-12-16)14-22(25-20)27-23-18-9-4-5-10-21(18)26-24(28-23)29-17-8-6-7-15(2)13-17/h4-10,13-14,16,20H,3,11-12H2,1-2H3,(H,25,26,27,28). The molecule has 0 amide bonds. The number of aryl methyl sites for hydroxylation is 1. The Bertz CT molecular complexity index is 1130. The summed E-state index contributed by atoms with van der Waals surface area (Å²) in [6, 6.07) is 16.9. The van der Waals surface area contributed by atoms with Crippen molar-refractivity contribution in [3.8, 4) is 0 Å². The lowest BCUT2D eigenvalue weighted by Crippen LogP contribution is -2.10. The molecule has 1 saturated carbocycles. The zero-order chi connectivity index (χ0) is 19.8. The molecular weight excluding hydrogens is 376 g/mol. The van der Waals surface area contributed by atoms with Gasteiger partial charge in [0.15, 0.2) is 5.16 Å². The highest BCUT2D eigenvalue weighted by Crippen LogP contribution is 2.41. The van der Waals surface area contributed by atoms with E-state index in [1.165, 1.54) is 24.0 Å². The Morgan fingerprint density at radius 3 is 2.72 bits per heavy atom. The van der Waals surface area contributed by atoms with E-state index in [1.807, 2.05) is 18.2 Å². The minimum absolute atomic E-state index is 0.319. The van der Waals surface area contributed by atoms with Gasteiger partial charge in [0.2, 0.25) is 0 Å². The Kier molecular flexibility index (Phi) is 4.84. The smallest absolute Gasteiger partial charge is 0.195 e. The lowest BCUT2D eigenvalue weighted by molar-refractivity contribution is 0.709. The number of rotatable bonds is 5. The van der Waals surface area contributed by atoms with Crippen LogP contribution < -0.4 is 5.32 Å². The van der Waals surface area contributed by atoms with E-state index >= 15 is 0 Å². The maximum Gasteiger partial charge on any atom is 0.195 e. The highest BCUT2D eigenvalue weighted by molar-refractivity contribution is 7.99. The molecule has 2 aliphatic rings. The predicted molar refractivity (Wildman–Crippen MR) is 121 cm³/mol. The number of nitrogens with one attached hydrogen (secondary N) is 1. The number of benzene rings is 2. The molecule has 5 rings (SSSR count). The number of aromatic nitrogens is 2. The summed E-state index contributed by atoms with van der Waals surface area (Å²) in [4.78, 5) is 15.7. The van der Waals surface area contributed by atoms with Crippen molar-refractivity contribution in [1.29, 1.82) is 0 Å². The number of fused-ring (bicyclic) bond motifs is 1. The zero-order valence-electron chi connectivity index (χ0n) is 16.7. The number of amidine groups is 1. The molecule has 0 bridgehead atoms. The van der Waals surface area contributed by atoms with E-state index in [2.05, 4.69) is 55.6 Å². The zero-order valence-corrected chi connectivity index (χ0v) is 17.5. The summed E-state index contributed by atoms with van der Waals surface area (Å²) in [5.74, 6) is 2.49. The Balaban J connectivity index is 1.49. The molecule has 1 aliphatic heterocycles. The van der Waals surface area contributed by atoms with Crippen LogP contribution >= 0.6 is 11.8 Å². The van der Waals surface area contributed by atoms with Gasteiger partial charge in [-0.15, -0.1) is 0 Å². The summed E-state index contributed by atoms with van der Waals surface area (Å²) >= 11 is 1.59. The molecule has 1 aliphatic carbocycles. The van der Waals surface area contributed by atoms with Gasteiger partial charge in [0.1, 0.15) is 11.7 Å². The minimum atomic E-state index is 0.319. The SMILES string of the molecule is CCC1N=C(Nc2nc(Sc3cccc(C)c3)nc3ccccc23)C=C1C1CC1. The number of para-hydroxylation sites is 1. The Morgan fingerprint density at radius 2 is 1.93 bits per heavy atom. The number of anilines is 1. The van der Waals surface area contributed by atoms with Crippen molar-refractivity contribution < 1.29 is 0 Å². The van der Waals surface area contributed by atoms with Crippen LogP contribution in [0.3, 0.4) is 0 Å². The molecular formula is C24H24N4S. The van der Waals surface area contributed by atoms with Crippen LogP contribution in [0.1, 0.15) is 31.7 Å². The second-order valence-corrected chi connectivity index (χ2v) is 8.81. The molecule has 1 aromatic heterocycles. The van der Waals surface area contributed by atoms with Gasteiger partial charge in [-0.05, 0) is 79.8 Å². The van der Waals surface area contributed by atoms with Crippen molar-refractivity contribution in [2.75, 3.05) is 5.32 Å². The maximum absolute atomic E-state index is 4.92. The number of hydrogen-bond acceptors (Lipinski definition) is 5. The average Bonchev–Trinajstić information content (AvgIpc) is 3.48. The van der Waals surface area contributed by atoms with Crippen LogP contribution in [0.15, 0.2) is 75.2 Å². The molecule has 1 unspecified atom stereocenters. The van der Waals surface area contributed by atoms with Crippen LogP contribution in [0.4, 0.5) is 5.82 Å². The summed E-state index contributed by atoms with van der Waals surface area (Å²) in [7, 11) is 0. The molecule has 4 nitrogen and oxygen atoms in total. The van der Waals surface area contributed by atoms with Crippen molar-refractivity contribution in [1.82, 2.24) is 9.97 Å². The molecule has 2 aromatic carbocycles. The van der Waals surface area contributed by atoms with E-state index in [0.29, 0.717) is 6.04 Å². The Labute approximate surface area is 175 Å². The van der Waals surface area contributed by atoms with E-state index < -0.39 is 0 Å². The lowest BCUT2D eigenvalue weighted by atomic mass is 10.0. The van der Waals surface area contributed by atoms with E-state index in [1.54, 1.807) is 11.8 Å². The van der Waals surface area contributed by atoms with E-state index in [-0.39, 0.29) is 0 Å². The largest absolute Gasteiger partial charge is 0.325 e. The van der Waals surface area contributed by atoms with E-state index in [9.17, 15) is 0 Å². The fourth-order valence-corrected chi connectivity index (χ4v) is 4.72.